The SMILES string of the molecule is O=C(Cc1ccc(F)c(Br)c1)NNC(=O)c1cc(Br)c[nH]1. The van der Waals surface area contributed by atoms with Gasteiger partial charge in [-0.05, 0) is 55.6 Å². The van der Waals surface area contributed by atoms with Crippen LogP contribution in [-0.4, -0.2) is 16.8 Å². The normalized spacial score (nSPS) is 10.2. The molecule has 1 aromatic carbocycles. The Balaban J connectivity index is 1.87. The molecule has 5 nitrogen and oxygen atoms in total. The van der Waals surface area contributed by atoms with Gasteiger partial charge < -0.3 is 4.98 Å². The van der Waals surface area contributed by atoms with Gasteiger partial charge in [-0.2, -0.15) is 0 Å². The highest BCUT2D eigenvalue weighted by molar-refractivity contribution is 9.10. The van der Waals surface area contributed by atoms with Gasteiger partial charge in [-0.25, -0.2) is 4.39 Å². The summed E-state index contributed by atoms with van der Waals surface area (Å²) in [5.41, 5.74) is 5.51. The van der Waals surface area contributed by atoms with Crippen LogP contribution in [0.5, 0.6) is 0 Å². The van der Waals surface area contributed by atoms with Crippen molar-refractivity contribution >= 4 is 43.7 Å². The molecule has 21 heavy (non-hydrogen) atoms. The summed E-state index contributed by atoms with van der Waals surface area (Å²) in [7, 11) is 0. The summed E-state index contributed by atoms with van der Waals surface area (Å²) in [5.74, 6) is -1.27. The summed E-state index contributed by atoms with van der Waals surface area (Å²) >= 11 is 6.25. The van der Waals surface area contributed by atoms with Crippen LogP contribution < -0.4 is 10.9 Å². The Morgan fingerprint density at radius 2 is 1.95 bits per heavy atom. The van der Waals surface area contributed by atoms with Gasteiger partial charge in [-0.1, -0.05) is 6.07 Å². The van der Waals surface area contributed by atoms with Crippen molar-refractivity contribution in [1.82, 2.24) is 15.8 Å². The van der Waals surface area contributed by atoms with E-state index in [2.05, 4.69) is 47.7 Å². The molecule has 0 unspecified atom stereocenters. The molecule has 0 fully saturated rings. The van der Waals surface area contributed by atoms with Gasteiger partial charge in [0, 0.05) is 10.7 Å². The topological polar surface area (TPSA) is 74.0 Å². The van der Waals surface area contributed by atoms with Crippen LogP contribution in [-0.2, 0) is 11.2 Å². The molecule has 1 heterocycles. The fourth-order valence-corrected chi connectivity index (χ4v) is 2.34. The number of rotatable bonds is 3. The Bertz CT molecular complexity index is 688. The standard InChI is InChI=1S/C13H10Br2FN3O2/c14-8-5-11(17-6-8)13(21)19-18-12(20)4-7-1-2-10(16)9(15)3-7/h1-3,5-6,17H,4H2,(H,18,20)(H,19,21). The van der Waals surface area contributed by atoms with E-state index in [1.54, 1.807) is 12.3 Å². The quantitative estimate of drug-likeness (QED) is 0.670. The smallest absolute Gasteiger partial charge is 0.286 e. The number of nitrogens with one attached hydrogen (secondary N) is 3. The highest BCUT2D eigenvalue weighted by Crippen LogP contribution is 2.17. The molecule has 3 N–H and O–H groups in total. The van der Waals surface area contributed by atoms with Crippen LogP contribution in [0.15, 0.2) is 39.4 Å². The number of carbonyl (C=O) groups excluding carboxylic acids is 2. The number of aromatic amines is 1. The van der Waals surface area contributed by atoms with Gasteiger partial charge in [0.15, 0.2) is 0 Å². The third-order valence-corrected chi connectivity index (χ3v) is 3.62. The van der Waals surface area contributed by atoms with Crippen LogP contribution in [0.3, 0.4) is 0 Å². The van der Waals surface area contributed by atoms with Crippen molar-refractivity contribution < 1.29 is 14.0 Å². The maximum Gasteiger partial charge on any atom is 0.286 e. The predicted octanol–water partition coefficient (Wildman–Crippen LogP) is 2.68. The second kappa shape index (κ2) is 6.86. The highest BCUT2D eigenvalue weighted by atomic mass is 79.9. The van der Waals surface area contributed by atoms with Crippen molar-refractivity contribution in [3.8, 4) is 0 Å². The van der Waals surface area contributed by atoms with Gasteiger partial charge in [0.05, 0.1) is 10.9 Å². The van der Waals surface area contributed by atoms with Gasteiger partial charge in [0.25, 0.3) is 5.91 Å². The maximum absolute atomic E-state index is 13.1. The maximum atomic E-state index is 13.1. The molecule has 0 spiro atoms. The highest BCUT2D eigenvalue weighted by Gasteiger charge is 2.10. The van der Waals surface area contributed by atoms with Gasteiger partial charge in [0.1, 0.15) is 11.5 Å². The molecule has 0 saturated heterocycles. The Kier molecular flexibility index (Phi) is 5.13. The first-order valence-corrected chi connectivity index (χ1v) is 7.41. The van der Waals surface area contributed by atoms with Crippen molar-refractivity contribution in [1.29, 1.82) is 0 Å². The Labute approximate surface area is 136 Å². The van der Waals surface area contributed by atoms with E-state index in [1.165, 1.54) is 18.2 Å². The van der Waals surface area contributed by atoms with Crippen molar-refractivity contribution in [2.24, 2.45) is 0 Å². The molecule has 0 atom stereocenters. The lowest BCUT2D eigenvalue weighted by molar-refractivity contribution is -0.121. The monoisotopic (exact) mass is 417 g/mol. The summed E-state index contributed by atoms with van der Waals surface area (Å²) < 4.78 is 14.1. The minimum atomic E-state index is -0.464. The summed E-state index contributed by atoms with van der Waals surface area (Å²) in [6, 6.07) is 5.86. The average Bonchev–Trinajstić information content (AvgIpc) is 2.87. The lowest BCUT2D eigenvalue weighted by Crippen LogP contribution is -2.42. The van der Waals surface area contributed by atoms with Crippen LogP contribution in [0.1, 0.15) is 16.1 Å². The van der Waals surface area contributed by atoms with Gasteiger partial charge >= 0.3 is 0 Å². The van der Waals surface area contributed by atoms with E-state index in [4.69, 9.17) is 0 Å². The van der Waals surface area contributed by atoms with E-state index >= 15 is 0 Å². The molecular weight excluding hydrogens is 409 g/mol. The first kappa shape index (κ1) is 15.7. The average molecular weight is 419 g/mol. The van der Waals surface area contributed by atoms with Gasteiger partial charge in [-0.15, -0.1) is 0 Å². The molecule has 2 aromatic rings. The zero-order valence-corrected chi connectivity index (χ0v) is 13.7. The van der Waals surface area contributed by atoms with Gasteiger partial charge in [0.2, 0.25) is 5.91 Å². The number of aromatic nitrogens is 1. The number of amides is 2. The number of hydrogen-bond acceptors (Lipinski definition) is 2. The van der Waals surface area contributed by atoms with Crippen molar-refractivity contribution in [3.05, 3.63) is 56.5 Å². The summed E-state index contributed by atoms with van der Waals surface area (Å²) in [6.07, 6.45) is 1.63. The van der Waals surface area contributed by atoms with Crippen LogP contribution in [0.25, 0.3) is 0 Å². The van der Waals surface area contributed by atoms with E-state index in [0.29, 0.717) is 11.3 Å². The van der Waals surface area contributed by atoms with E-state index < -0.39 is 17.6 Å². The Morgan fingerprint density at radius 3 is 2.57 bits per heavy atom. The molecule has 1 aromatic heterocycles. The number of carbonyl (C=O) groups is 2. The minimum Gasteiger partial charge on any atom is -0.356 e. The molecule has 0 aliphatic carbocycles. The molecule has 2 amide bonds. The summed E-state index contributed by atoms with van der Waals surface area (Å²) in [4.78, 5) is 26.1. The van der Waals surface area contributed by atoms with Crippen molar-refractivity contribution in [2.75, 3.05) is 0 Å². The minimum absolute atomic E-state index is 0.0214. The lowest BCUT2D eigenvalue weighted by atomic mass is 10.1. The number of hydrazine groups is 1. The number of halogens is 3. The fourth-order valence-electron chi connectivity index (χ4n) is 1.57. The largest absolute Gasteiger partial charge is 0.356 e. The van der Waals surface area contributed by atoms with Crippen LogP contribution >= 0.6 is 31.9 Å². The fraction of sp³-hybridized carbons (Fsp3) is 0.0769. The van der Waals surface area contributed by atoms with Crippen molar-refractivity contribution in [3.63, 3.8) is 0 Å². The summed E-state index contributed by atoms with van der Waals surface area (Å²) in [5, 5.41) is 0. The van der Waals surface area contributed by atoms with E-state index in [0.717, 1.165) is 4.47 Å². The zero-order chi connectivity index (χ0) is 15.4. The van der Waals surface area contributed by atoms with E-state index in [1.807, 2.05) is 0 Å². The van der Waals surface area contributed by atoms with E-state index in [-0.39, 0.29) is 10.9 Å². The Hall–Kier alpha value is -1.67. The third-order valence-electron chi connectivity index (χ3n) is 2.56. The molecule has 0 radical (unpaired) electrons. The first-order valence-electron chi connectivity index (χ1n) is 5.83. The molecule has 0 aliphatic rings. The molecule has 0 aliphatic heterocycles. The first-order chi connectivity index (χ1) is 9.95. The number of benzene rings is 1. The third kappa shape index (κ3) is 4.40. The molecule has 110 valence electrons. The number of hydrogen-bond donors (Lipinski definition) is 3. The lowest BCUT2D eigenvalue weighted by Gasteiger charge is -2.07. The van der Waals surface area contributed by atoms with Crippen molar-refractivity contribution in [2.45, 2.75) is 6.42 Å². The van der Waals surface area contributed by atoms with E-state index in [9.17, 15) is 14.0 Å². The van der Waals surface area contributed by atoms with Crippen LogP contribution in [0.2, 0.25) is 0 Å². The van der Waals surface area contributed by atoms with Crippen LogP contribution in [0, 0.1) is 5.82 Å². The Morgan fingerprint density at radius 1 is 1.19 bits per heavy atom. The molecular formula is C13H10Br2FN3O2. The second-order valence-corrected chi connectivity index (χ2v) is 5.93. The second-order valence-electron chi connectivity index (χ2n) is 4.16. The zero-order valence-electron chi connectivity index (χ0n) is 10.5. The number of H-pyrrole nitrogens is 1. The summed E-state index contributed by atoms with van der Waals surface area (Å²) in [6.45, 7) is 0. The molecule has 8 heteroatoms. The molecule has 0 saturated carbocycles. The van der Waals surface area contributed by atoms with Gasteiger partial charge in [-0.3, -0.25) is 20.4 Å². The molecule has 0 bridgehead atoms. The molecule has 2 rings (SSSR count). The van der Waals surface area contributed by atoms with Crippen LogP contribution in [0.4, 0.5) is 4.39 Å². The predicted molar refractivity (Wildman–Crippen MR) is 81.9 cm³/mol.